The first-order chi connectivity index (χ1) is 12.6. The number of pyridine rings is 1. The van der Waals surface area contributed by atoms with Gasteiger partial charge in [0.05, 0.1) is 0 Å². The van der Waals surface area contributed by atoms with Crippen molar-refractivity contribution < 1.29 is 0 Å². The lowest BCUT2D eigenvalue weighted by Crippen LogP contribution is -2.43. The lowest BCUT2D eigenvalue weighted by molar-refractivity contribution is 0.148. The van der Waals surface area contributed by atoms with Crippen molar-refractivity contribution in [3.05, 3.63) is 53.3 Å². The summed E-state index contributed by atoms with van der Waals surface area (Å²) >= 11 is 0. The fourth-order valence-electron chi connectivity index (χ4n) is 3.93. The molecule has 0 radical (unpaired) electrons. The van der Waals surface area contributed by atoms with Crippen molar-refractivity contribution >= 4 is 11.0 Å². The Morgan fingerprint density at radius 3 is 2.46 bits per heavy atom. The van der Waals surface area contributed by atoms with Crippen LogP contribution in [-0.4, -0.2) is 53.0 Å². The molecule has 1 N–H and O–H groups in total. The number of benzene rings is 1. The summed E-state index contributed by atoms with van der Waals surface area (Å²) in [6.45, 7) is 10.0. The zero-order chi connectivity index (χ0) is 18.1. The molecule has 1 fully saturated rings. The van der Waals surface area contributed by atoms with Gasteiger partial charge >= 0.3 is 0 Å². The van der Waals surface area contributed by atoms with Crippen LogP contribution < -0.4 is 0 Å². The van der Waals surface area contributed by atoms with Crippen LogP contribution in [0.25, 0.3) is 22.2 Å². The molecule has 0 amide bonds. The van der Waals surface area contributed by atoms with Crippen LogP contribution in [0, 0.1) is 6.92 Å². The average Bonchev–Trinajstić information content (AvgIpc) is 2.98. The molecule has 1 saturated heterocycles. The molecule has 1 aliphatic heterocycles. The summed E-state index contributed by atoms with van der Waals surface area (Å²) in [4.78, 5) is 13.0. The Bertz CT molecular complexity index is 886. The third-order valence-corrected chi connectivity index (χ3v) is 5.61. The van der Waals surface area contributed by atoms with E-state index in [4.69, 9.17) is 0 Å². The SMILES string of the molecule is CCc1c(C)[nH]c2ncc(-c3ccc(CN4CCN(C)CC4)cc3)cc12. The van der Waals surface area contributed by atoms with Crippen molar-refractivity contribution in [2.45, 2.75) is 26.8 Å². The van der Waals surface area contributed by atoms with Crippen LogP contribution in [0.4, 0.5) is 0 Å². The molecule has 0 aliphatic carbocycles. The van der Waals surface area contributed by atoms with Gasteiger partial charge in [0, 0.05) is 55.6 Å². The standard InChI is InChI=1S/C22H28N4/c1-4-20-16(2)24-22-21(20)13-19(14-23-22)18-7-5-17(6-8-18)15-26-11-9-25(3)10-12-26/h5-8,13-14H,4,9-12,15H2,1-3H3,(H,23,24). The van der Waals surface area contributed by atoms with E-state index >= 15 is 0 Å². The van der Waals surface area contributed by atoms with Crippen LogP contribution >= 0.6 is 0 Å². The van der Waals surface area contributed by atoms with Gasteiger partial charge in [-0.15, -0.1) is 0 Å². The highest BCUT2D eigenvalue weighted by molar-refractivity contribution is 5.85. The minimum atomic E-state index is 0.995. The minimum Gasteiger partial charge on any atom is -0.343 e. The first-order valence-corrected chi connectivity index (χ1v) is 9.61. The number of likely N-dealkylation sites (N-methyl/N-ethyl adjacent to an activating group) is 1. The number of aryl methyl sites for hydroxylation is 2. The molecule has 0 spiro atoms. The number of aromatic amines is 1. The molecule has 0 saturated carbocycles. The quantitative estimate of drug-likeness (QED) is 0.778. The summed E-state index contributed by atoms with van der Waals surface area (Å²) in [7, 11) is 2.20. The third-order valence-electron chi connectivity index (χ3n) is 5.61. The lowest BCUT2D eigenvalue weighted by Gasteiger charge is -2.32. The number of hydrogen-bond donors (Lipinski definition) is 1. The van der Waals surface area contributed by atoms with E-state index in [9.17, 15) is 0 Å². The molecule has 1 aromatic carbocycles. The second-order valence-corrected chi connectivity index (χ2v) is 7.48. The molecule has 4 heteroatoms. The molecule has 4 rings (SSSR count). The third kappa shape index (κ3) is 3.39. The summed E-state index contributed by atoms with van der Waals surface area (Å²) in [5.41, 5.74) is 7.42. The molecule has 0 bridgehead atoms. The molecule has 2 aromatic heterocycles. The van der Waals surface area contributed by atoms with Crippen molar-refractivity contribution in [1.82, 2.24) is 19.8 Å². The van der Waals surface area contributed by atoms with Gasteiger partial charge in [-0.05, 0) is 43.1 Å². The Balaban J connectivity index is 1.54. The molecular weight excluding hydrogens is 320 g/mol. The number of fused-ring (bicyclic) bond motifs is 1. The predicted octanol–water partition coefficient (Wildman–Crippen LogP) is 3.85. The van der Waals surface area contributed by atoms with E-state index in [1.165, 1.54) is 46.4 Å². The highest BCUT2D eigenvalue weighted by Gasteiger charge is 2.14. The highest BCUT2D eigenvalue weighted by Crippen LogP contribution is 2.27. The van der Waals surface area contributed by atoms with Gasteiger partial charge in [-0.3, -0.25) is 4.90 Å². The van der Waals surface area contributed by atoms with E-state index in [1.54, 1.807) is 0 Å². The van der Waals surface area contributed by atoms with Gasteiger partial charge in [0.2, 0.25) is 0 Å². The molecule has 3 aromatic rings. The van der Waals surface area contributed by atoms with Gasteiger partial charge in [-0.2, -0.15) is 0 Å². The molecule has 26 heavy (non-hydrogen) atoms. The first-order valence-electron chi connectivity index (χ1n) is 9.61. The van der Waals surface area contributed by atoms with Crippen molar-refractivity contribution in [3.8, 4) is 11.1 Å². The average molecular weight is 348 g/mol. The van der Waals surface area contributed by atoms with E-state index in [-0.39, 0.29) is 0 Å². The van der Waals surface area contributed by atoms with Crippen LogP contribution in [-0.2, 0) is 13.0 Å². The van der Waals surface area contributed by atoms with E-state index in [0.717, 1.165) is 31.7 Å². The smallest absolute Gasteiger partial charge is 0.137 e. The summed E-state index contributed by atoms with van der Waals surface area (Å²) in [6.07, 6.45) is 3.01. The Kier molecular flexibility index (Phi) is 4.79. The van der Waals surface area contributed by atoms with Crippen molar-refractivity contribution in [2.75, 3.05) is 33.2 Å². The van der Waals surface area contributed by atoms with E-state index in [2.05, 4.69) is 71.0 Å². The molecule has 136 valence electrons. The number of H-pyrrole nitrogens is 1. The number of hydrogen-bond acceptors (Lipinski definition) is 3. The number of nitrogens with zero attached hydrogens (tertiary/aromatic N) is 3. The Morgan fingerprint density at radius 2 is 1.77 bits per heavy atom. The maximum absolute atomic E-state index is 4.64. The van der Waals surface area contributed by atoms with Crippen molar-refractivity contribution in [3.63, 3.8) is 0 Å². The second kappa shape index (κ2) is 7.22. The summed E-state index contributed by atoms with van der Waals surface area (Å²) in [5.74, 6) is 0. The number of piperazine rings is 1. The van der Waals surface area contributed by atoms with Crippen LogP contribution in [0.2, 0.25) is 0 Å². The van der Waals surface area contributed by atoms with Crippen molar-refractivity contribution in [1.29, 1.82) is 0 Å². The number of rotatable bonds is 4. The number of nitrogens with one attached hydrogen (secondary N) is 1. The van der Waals surface area contributed by atoms with Gasteiger partial charge in [-0.1, -0.05) is 31.2 Å². The summed E-state index contributed by atoms with van der Waals surface area (Å²) in [6, 6.07) is 11.3. The maximum atomic E-state index is 4.64. The molecule has 0 unspecified atom stereocenters. The Hall–Kier alpha value is -2.17. The number of aromatic nitrogens is 2. The molecule has 1 aliphatic rings. The van der Waals surface area contributed by atoms with Gasteiger partial charge in [-0.25, -0.2) is 4.98 Å². The molecule has 3 heterocycles. The van der Waals surface area contributed by atoms with Gasteiger partial charge in [0.25, 0.3) is 0 Å². The zero-order valence-corrected chi connectivity index (χ0v) is 16.0. The second-order valence-electron chi connectivity index (χ2n) is 7.48. The van der Waals surface area contributed by atoms with Gasteiger partial charge < -0.3 is 9.88 Å². The lowest BCUT2D eigenvalue weighted by atomic mass is 10.0. The van der Waals surface area contributed by atoms with Gasteiger partial charge in [0.15, 0.2) is 0 Å². The zero-order valence-electron chi connectivity index (χ0n) is 16.0. The first kappa shape index (κ1) is 17.3. The minimum absolute atomic E-state index is 0.995. The van der Waals surface area contributed by atoms with E-state index in [0.29, 0.717) is 0 Å². The van der Waals surface area contributed by atoms with Gasteiger partial charge in [0.1, 0.15) is 5.65 Å². The fraction of sp³-hybridized carbons (Fsp3) is 0.409. The fourth-order valence-corrected chi connectivity index (χ4v) is 3.93. The van der Waals surface area contributed by atoms with Crippen molar-refractivity contribution in [2.24, 2.45) is 0 Å². The largest absolute Gasteiger partial charge is 0.343 e. The van der Waals surface area contributed by atoms with Crippen LogP contribution in [0.3, 0.4) is 0 Å². The summed E-state index contributed by atoms with van der Waals surface area (Å²) < 4.78 is 0. The van der Waals surface area contributed by atoms with E-state index in [1.807, 2.05) is 6.20 Å². The molecular formula is C22H28N4. The topological polar surface area (TPSA) is 35.2 Å². The Morgan fingerprint density at radius 1 is 1.04 bits per heavy atom. The molecule has 4 nitrogen and oxygen atoms in total. The normalized spacial score (nSPS) is 16.4. The molecule has 0 atom stereocenters. The highest BCUT2D eigenvalue weighted by atomic mass is 15.2. The monoisotopic (exact) mass is 348 g/mol. The van der Waals surface area contributed by atoms with Crippen LogP contribution in [0.15, 0.2) is 36.5 Å². The summed E-state index contributed by atoms with van der Waals surface area (Å²) in [5, 5.41) is 1.25. The van der Waals surface area contributed by atoms with Crippen LogP contribution in [0.1, 0.15) is 23.7 Å². The Labute approximate surface area is 155 Å². The van der Waals surface area contributed by atoms with E-state index < -0.39 is 0 Å². The predicted molar refractivity (Wildman–Crippen MR) is 108 cm³/mol. The maximum Gasteiger partial charge on any atom is 0.137 e. The van der Waals surface area contributed by atoms with Crippen LogP contribution in [0.5, 0.6) is 0 Å².